The van der Waals surface area contributed by atoms with Crippen LogP contribution in [0.2, 0.25) is 0 Å². The first-order chi connectivity index (χ1) is 8.15. The zero-order chi connectivity index (χ0) is 12.3. The molecule has 0 amide bonds. The summed E-state index contributed by atoms with van der Waals surface area (Å²) in [7, 11) is 0. The predicted octanol–water partition coefficient (Wildman–Crippen LogP) is 3.19. The van der Waals surface area contributed by atoms with Crippen LogP contribution in [-0.2, 0) is 13.1 Å². The number of thiazole rings is 1. The Hall–Kier alpha value is -1.26. The lowest BCUT2D eigenvalue weighted by Crippen LogP contribution is -2.13. The van der Waals surface area contributed by atoms with Gasteiger partial charge in [-0.05, 0) is 37.1 Å². The molecule has 1 heterocycles. The van der Waals surface area contributed by atoms with Crippen LogP contribution in [0.1, 0.15) is 21.8 Å². The van der Waals surface area contributed by atoms with Crippen LogP contribution in [0.3, 0.4) is 0 Å². The summed E-state index contributed by atoms with van der Waals surface area (Å²) in [6.45, 7) is 5.37. The third kappa shape index (κ3) is 3.35. The molecule has 0 aliphatic heterocycles. The van der Waals surface area contributed by atoms with Gasteiger partial charge in [0.2, 0.25) is 0 Å². The first-order valence-electron chi connectivity index (χ1n) is 5.52. The van der Waals surface area contributed by atoms with Crippen LogP contribution in [0.25, 0.3) is 0 Å². The lowest BCUT2D eigenvalue weighted by molar-refractivity contribution is 0.618. The molecule has 2 aromatic rings. The van der Waals surface area contributed by atoms with Gasteiger partial charge in [0, 0.05) is 18.5 Å². The summed E-state index contributed by atoms with van der Waals surface area (Å²) in [5, 5.41) is 6.39. The minimum atomic E-state index is -0.183. The van der Waals surface area contributed by atoms with Gasteiger partial charge in [-0.25, -0.2) is 9.37 Å². The van der Waals surface area contributed by atoms with E-state index in [9.17, 15) is 4.39 Å². The fraction of sp³-hybridized carbons (Fsp3) is 0.308. The SMILES string of the molecule is Cc1nc(CNCc2cc(F)ccc2C)cs1. The van der Waals surface area contributed by atoms with Crippen molar-refractivity contribution in [3.8, 4) is 0 Å². The fourth-order valence-electron chi connectivity index (χ4n) is 1.65. The molecule has 1 N–H and O–H groups in total. The first-order valence-corrected chi connectivity index (χ1v) is 6.40. The maximum atomic E-state index is 13.1. The molecule has 0 fully saturated rings. The molecule has 0 saturated carbocycles. The van der Waals surface area contributed by atoms with Gasteiger partial charge in [0.25, 0.3) is 0 Å². The minimum absolute atomic E-state index is 0.183. The highest BCUT2D eigenvalue weighted by Crippen LogP contribution is 2.11. The van der Waals surface area contributed by atoms with Gasteiger partial charge in [-0.1, -0.05) is 6.07 Å². The smallest absolute Gasteiger partial charge is 0.123 e. The molecule has 0 spiro atoms. The second kappa shape index (κ2) is 5.38. The monoisotopic (exact) mass is 250 g/mol. The summed E-state index contributed by atoms with van der Waals surface area (Å²) in [4.78, 5) is 4.36. The maximum Gasteiger partial charge on any atom is 0.123 e. The predicted molar refractivity (Wildman–Crippen MR) is 68.5 cm³/mol. The quantitative estimate of drug-likeness (QED) is 0.901. The van der Waals surface area contributed by atoms with Crippen molar-refractivity contribution in [1.82, 2.24) is 10.3 Å². The highest BCUT2D eigenvalue weighted by Gasteiger charge is 2.01. The number of nitrogens with zero attached hydrogens (tertiary/aromatic N) is 1. The summed E-state index contributed by atoms with van der Waals surface area (Å²) in [6.07, 6.45) is 0. The average molecular weight is 250 g/mol. The molecule has 0 aliphatic carbocycles. The molecule has 1 aromatic heterocycles. The van der Waals surface area contributed by atoms with Crippen LogP contribution in [0, 0.1) is 19.7 Å². The number of rotatable bonds is 4. The Labute approximate surface area is 105 Å². The molecule has 4 heteroatoms. The fourth-order valence-corrected chi connectivity index (χ4v) is 2.26. The van der Waals surface area contributed by atoms with E-state index < -0.39 is 0 Å². The van der Waals surface area contributed by atoms with Crippen molar-refractivity contribution in [2.45, 2.75) is 26.9 Å². The number of benzene rings is 1. The number of nitrogens with one attached hydrogen (secondary N) is 1. The van der Waals surface area contributed by atoms with E-state index in [-0.39, 0.29) is 5.82 Å². The van der Waals surface area contributed by atoms with Crippen LogP contribution >= 0.6 is 11.3 Å². The summed E-state index contributed by atoms with van der Waals surface area (Å²) in [5.74, 6) is -0.183. The van der Waals surface area contributed by atoms with Gasteiger partial charge >= 0.3 is 0 Å². The highest BCUT2D eigenvalue weighted by atomic mass is 32.1. The lowest BCUT2D eigenvalue weighted by Gasteiger charge is -2.06. The largest absolute Gasteiger partial charge is 0.307 e. The van der Waals surface area contributed by atoms with E-state index >= 15 is 0 Å². The van der Waals surface area contributed by atoms with Crippen LogP contribution < -0.4 is 5.32 Å². The third-order valence-corrected chi connectivity index (χ3v) is 3.42. The average Bonchev–Trinajstić information content (AvgIpc) is 2.69. The Balaban J connectivity index is 1.91. The Morgan fingerprint density at radius 3 is 2.82 bits per heavy atom. The second-order valence-electron chi connectivity index (χ2n) is 4.03. The topological polar surface area (TPSA) is 24.9 Å². The number of hydrogen-bond acceptors (Lipinski definition) is 3. The molecule has 1 aromatic carbocycles. The number of hydrogen-bond donors (Lipinski definition) is 1. The Kier molecular flexibility index (Phi) is 3.86. The zero-order valence-electron chi connectivity index (χ0n) is 9.96. The van der Waals surface area contributed by atoms with Crippen LogP contribution in [0.5, 0.6) is 0 Å². The van der Waals surface area contributed by atoms with E-state index in [0.717, 1.165) is 28.4 Å². The Morgan fingerprint density at radius 1 is 1.29 bits per heavy atom. The molecule has 2 nitrogen and oxygen atoms in total. The van der Waals surface area contributed by atoms with Gasteiger partial charge in [0.1, 0.15) is 5.82 Å². The molecule has 90 valence electrons. The molecule has 2 rings (SSSR count). The van der Waals surface area contributed by atoms with Crippen molar-refractivity contribution < 1.29 is 4.39 Å². The lowest BCUT2D eigenvalue weighted by atomic mass is 10.1. The third-order valence-electron chi connectivity index (χ3n) is 2.60. The standard InChI is InChI=1S/C13H15FN2S/c1-9-3-4-12(14)5-11(9)6-15-7-13-8-17-10(2)16-13/h3-5,8,15H,6-7H2,1-2H3. The molecule has 0 unspecified atom stereocenters. The van der Waals surface area contributed by atoms with Crippen molar-refractivity contribution in [1.29, 1.82) is 0 Å². The molecule has 0 aliphatic rings. The molecular formula is C13H15FN2S. The first kappa shape index (κ1) is 12.2. The Bertz CT molecular complexity index is 508. The van der Waals surface area contributed by atoms with Crippen molar-refractivity contribution in [3.05, 3.63) is 51.2 Å². The van der Waals surface area contributed by atoms with Gasteiger partial charge in [-0.3, -0.25) is 0 Å². The second-order valence-corrected chi connectivity index (χ2v) is 5.09. The summed E-state index contributed by atoms with van der Waals surface area (Å²) < 4.78 is 13.1. The number of aromatic nitrogens is 1. The van der Waals surface area contributed by atoms with E-state index in [0.29, 0.717) is 6.54 Å². The van der Waals surface area contributed by atoms with Crippen LogP contribution in [0.4, 0.5) is 4.39 Å². The van der Waals surface area contributed by atoms with Gasteiger partial charge in [0.15, 0.2) is 0 Å². The van der Waals surface area contributed by atoms with Crippen molar-refractivity contribution in [2.24, 2.45) is 0 Å². The normalized spacial score (nSPS) is 10.8. The molecule has 17 heavy (non-hydrogen) atoms. The zero-order valence-corrected chi connectivity index (χ0v) is 10.8. The van der Waals surface area contributed by atoms with Crippen LogP contribution in [-0.4, -0.2) is 4.98 Å². The summed E-state index contributed by atoms with van der Waals surface area (Å²) >= 11 is 1.65. The van der Waals surface area contributed by atoms with Gasteiger partial charge in [-0.15, -0.1) is 11.3 Å². The molecular weight excluding hydrogens is 235 g/mol. The highest BCUT2D eigenvalue weighted by molar-refractivity contribution is 7.09. The van der Waals surface area contributed by atoms with Crippen LogP contribution in [0.15, 0.2) is 23.6 Å². The molecule has 0 radical (unpaired) electrons. The number of halogens is 1. The Morgan fingerprint density at radius 2 is 2.12 bits per heavy atom. The van der Waals surface area contributed by atoms with E-state index in [1.807, 2.05) is 19.2 Å². The van der Waals surface area contributed by atoms with E-state index in [4.69, 9.17) is 0 Å². The van der Waals surface area contributed by atoms with E-state index in [1.54, 1.807) is 23.5 Å². The van der Waals surface area contributed by atoms with Gasteiger partial charge < -0.3 is 5.32 Å². The molecule has 0 atom stereocenters. The van der Waals surface area contributed by atoms with E-state index in [1.165, 1.54) is 6.07 Å². The minimum Gasteiger partial charge on any atom is -0.307 e. The number of aryl methyl sites for hydroxylation is 2. The summed E-state index contributed by atoms with van der Waals surface area (Å²) in [6, 6.07) is 4.87. The van der Waals surface area contributed by atoms with Crippen molar-refractivity contribution >= 4 is 11.3 Å². The van der Waals surface area contributed by atoms with Gasteiger partial charge in [0.05, 0.1) is 10.7 Å². The van der Waals surface area contributed by atoms with Gasteiger partial charge in [-0.2, -0.15) is 0 Å². The van der Waals surface area contributed by atoms with E-state index in [2.05, 4.69) is 10.3 Å². The van der Waals surface area contributed by atoms with Crippen molar-refractivity contribution in [3.63, 3.8) is 0 Å². The maximum absolute atomic E-state index is 13.1. The van der Waals surface area contributed by atoms with Crippen molar-refractivity contribution in [2.75, 3.05) is 0 Å². The summed E-state index contributed by atoms with van der Waals surface area (Å²) in [5.41, 5.74) is 3.15. The molecule has 0 bridgehead atoms. The molecule has 0 saturated heterocycles.